The third-order valence-electron chi connectivity index (χ3n) is 4.30. The standard InChI is InChI=1S/C15H21NOS/c17-8-7-15(5-6-15)11-16-14-10-18-9-12-3-1-2-4-13(12)14/h1-4,14,16-17H,5-11H2. The molecule has 0 radical (unpaired) electrons. The van der Waals surface area contributed by atoms with Crippen molar-refractivity contribution >= 4 is 11.8 Å². The molecule has 0 bridgehead atoms. The van der Waals surface area contributed by atoms with Gasteiger partial charge in [-0.2, -0.15) is 11.8 Å². The maximum Gasteiger partial charge on any atom is 0.0436 e. The van der Waals surface area contributed by atoms with Gasteiger partial charge < -0.3 is 10.4 Å². The van der Waals surface area contributed by atoms with E-state index in [1.54, 1.807) is 0 Å². The Bertz CT molecular complexity index is 417. The number of nitrogens with one attached hydrogen (secondary N) is 1. The van der Waals surface area contributed by atoms with Gasteiger partial charge in [-0.1, -0.05) is 24.3 Å². The molecule has 18 heavy (non-hydrogen) atoms. The molecule has 1 atom stereocenters. The second-order valence-corrected chi connectivity index (χ2v) is 6.65. The normalized spacial score (nSPS) is 24.6. The van der Waals surface area contributed by atoms with Crippen molar-refractivity contribution in [2.24, 2.45) is 5.41 Å². The second-order valence-electron chi connectivity index (χ2n) is 5.62. The lowest BCUT2D eigenvalue weighted by Crippen LogP contribution is -2.32. The molecule has 1 fully saturated rings. The fourth-order valence-corrected chi connectivity index (χ4v) is 3.95. The Labute approximate surface area is 113 Å². The van der Waals surface area contributed by atoms with Crippen molar-refractivity contribution in [3.8, 4) is 0 Å². The maximum atomic E-state index is 9.10. The smallest absolute Gasteiger partial charge is 0.0436 e. The number of benzene rings is 1. The van der Waals surface area contributed by atoms with E-state index in [0.29, 0.717) is 18.1 Å². The lowest BCUT2D eigenvalue weighted by atomic mass is 9.99. The van der Waals surface area contributed by atoms with Gasteiger partial charge in [0.05, 0.1) is 0 Å². The van der Waals surface area contributed by atoms with E-state index in [2.05, 4.69) is 29.6 Å². The van der Waals surface area contributed by atoms with Crippen LogP contribution in [0.1, 0.15) is 36.4 Å². The fourth-order valence-electron chi connectivity index (χ4n) is 2.82. The molecule has 2 aliphatic rings. The van der Waals surface area contributed by atoms with Crippen LogP contribution in [0.4, 0.5) is 0 Å². The Hall–Kier alpha value is -0.510. The highest BCUT2D eigenvalue weighted by atomic mass is 32.2. The molecule has 2 nitrogen and oxygen atoms in total. The van der Waals surface area contributed by atoms with Crippen LogP contribution in [0.15, 0.2) is 24.3 Å². The Morgan fingerprint density at radius 2 is 2.17 bits per heavy atom. The molecule has 1 aromatic carbocycles. The SMILES string of the molecule is OCCC1(CNC2CSCc3ccccc32)CC1. The Balaban J connectivity index is 1.64. The summed E-state index contributed by atoms with van der Waals surface area (Å²) < 4.78 is 0. The number of aliphatic hydroxyl groups excluding tert-OH is 1. The Kier molecular flexibility index (Phi) is 3.64. The van der Waals surface area contributed by atoms with Crippen molar-refractivity contribution < 1.29 is 5.11 Å². The lowest BCUT2D eigenvalue weighted by molar-refractivity contribution is 0.243. The van der Waals surface area contributed by atoms with Crippen LogP contribution in [-0.2, 0) is 5.75 Å². The quantitative estimate of drug-likeness (QED) is 0.857. The predicted molar refractivity (Wildman–Crippen MR) is 76.7 cm³/mol. The van der Waals surface area contributed by atoms with Crippen LogP contribution >= 0.6 is 11.8 Å². The summed E-state index contributed by atoms with van der Waals surface area (Å²) in [6.45, 7) is 1.39. The Morgan fingerprint density at radius 1 is 1.33 bits per heavy atom. The highest BCUT2D eigenvalue weighted by molar-refractivity contribution is 7.98. The van der Waals surface area contributed by atoms with Gasteiger partial charge in [0, 0.05) is 30.7 Å². The number of hydrogen-bond donors (Lipinski definition) is 2. The van der Waals surface area contributed by atoms with E-state index >= 15 is 0 Å². The highest BCUT2D eigenvalue weighted by Gasteiger charge is 2.42. The summed E-state index contributed by atoms with van der Waals surface area (Å²) in [4.78, 5) is 0. The first kappa shape index (κ1) is 12.5. The molecule has 1 unspecified atom stereocenters. The number of thioether (sulfide) groups is 1. The van der Waals surface area contributed by atoms with Crippen molar-refractivity contribution in [2.75, 3.05) is 18.9 Å². The van der Waals surface area contributed by atoms with Gasteiger partial charge in [0.15, 0.2) is 0 Å². The van der Waals surface area contributed by atoms with E-state index in [4.69, 9.17) is 5.11 Å². The predicted octanol–water partition coefficient (Wildman–Crippen LogP) is 2.73. The first-order valence-electron chi connectivity index (χ1n) is 6.83. The van der Waals surface area contributed by atoms with Crippen molar-refractivity contribution in [1.82, 2.24) is 5.32 Å². The summed E-state index contributed by atoms with van der Waals surface area (Å²) in [7, 11) is 0. The third-order valence-corrected chi connectivity index (χ3v) is 5.38. The van der Waals surface area contributed by atoms with Crippen molar-refractivity contribution in [1.29, 1.82) is 0 Å². The molecule has 98 valence electrons. The summed E-state index contributed by atoms with van der Waals surface area (Å²) in [5, 5.41) is 12.8. The zero-order valence-electron chi connectivity index (χ0n) is 10.7. The van der Waals surface area contributed by atoms with E-state index in [1.165, 1.54) is 29.7 Å². The molecule has 0 aromatic heterocycles. The molecular formula is C15H21NOS. The van der Waals surface area contributed by atoms with Gasteiger partial charge in [0.25, 0.3) is 0 Å². The van der Waals surface area contributed by atoms with Crippen molar-refractivity contribution in [3.05, 3.63) is 35.4 Å². The average Bonchev–Trinajstić information content (AvgIpc) is 3.17. The molecule has 1 aromatic rings. The molecule has 1 aliphatic heterocycles. The molecule has 1 heterocycles. The second kappa shape index (κ2) is 5.24. The van der Waals surface area contributed by atoms with Crippen LogP contribution in [0.2, 0.25) is 0 Å². The van der Waals surface area contributed by atoms with Crippen LogP contribution in [0, 0.1) is 5.41 Å². The van der Waals surface area contributed by atoms with Gasteiger partial charge >= 0.3 is 0 Å². The van der Waals surface area contributed by atoms with Gasteiger partial charge in [-0.3, -0.25) is 0 Å². The molecular weight excluding hydrogens is 242 g/mol. The van der Waals surface area contributed by atoms with Gasteiger partial charge in [-0.15, -0.1) is 0 Å². The first-order valence-corrected chi connectivity index (χ1v) is 7.98. The monoisotopic (exact) mass is 263 g/mol. The van der Waals surface area contributed by atoms with Crippen molar-refractivity contribution in [2.45, 2.75) is 31.1 Å². The molecule has 0 saturated heterocycles. The summed E-state index contributed by atoms with van der Waals surface area (Å²) >= 11 is 2.02. The summed E-state index contributed by atoms with van der Waals surface area (Å²) in [5.74, 6) is 2.32. The fraction of sp³-hybridized carbons (Fsp3) is 0.600. The minimum atomic E-state index is 0.331. The third kappa shape index (κ3) is 2.58. The number of fused-ring (bicyclic) bond motifs is 1. The van der Waals surface area contributed by atoms with E-state index in [0.717, 1.165) is 18.7 Å². The number of rotatable bonds is 5. The molecule has 0 spiro atoms. The van der Waals surface area contributed by atoms with E-state index < -0.39 is 0 Å². The van der Waals surface area contributed by atoms with Crippen LogP contribution in [0.25, 0.3) is 0 Å². The van der Waals surface area contributed by atoms with Crippen LogP contribution in [0.5, 0.6) is 0 Å². The van der Waals surface area contributed by atoms with Gasteiger partial charge in [-0.05, 0) is 35.8 Å². The minimum Gasteiger partial charge on any atom is -0.396 e. The van der Waals surface area contributed by atoms with E-state index in [-0.39, 0.29) is 0 Å². The van der Waals surface area contributed by atoms with Gasteiger partial charge in [0.1, 0.15) is 0 Å². The number of hydrogen-bond acceptors (Lipinski definition) is 3. The molecule has 2 N–H and O–H groups in total. The summed E-state index contributed by atoms with van der Waals surface area (Å²) in [6, 6.07) is 9.28. The van der Waals surface area contributed by atoms with Crippen molar-refractivity contribution in [3.63, 3.8) is 0 Å². The molecule has 3 heteroatoms. The maximum absolute atomic E-state index is 9.10. The van der Waals surface area contributed by atoms with Crippen LogP contribution < -0.4 is 5.32 Å². The largest absolute Gasteiger partial charge is 0.396 e. The summed E-state index contributed by atoms with van der Waals surface area (Å²) in [6.07, 6.45) is 3.52. The molecule has 3 rings (SSSR count). The average molecular weight is 263 g/mol. The molecule has 1 aliphatic carbocycles. The van der Waals surface area contributed by atoms with Gasteiger partial charge in [0.2, 0.25) is 0 Å². The van der Waals surface area contributed by atoms with E-state index in [1.807, 2.05) is 11.8 Å². The minimum absolute atomic E-state index is 0.331. The van der Waals surface area contributed by atoms with Crippen LogP contribution in [0.3, 0.4) is 0 Å². The summed E-state index contributed by atoms with van der Waals surface area (Å²) in [5.41, 5.74) is 3.38. The van der Waals surface area contributed by atoms with Crippen LogP contribution in [-0.4, -0.2) is 24.0 Å². The van der Waals surface area contributed by atoms with E-state index in [9.17, 15) is 0 Å². The molecule has 1 saturated carbocycles. The first-order chi connectivity index (χ1) is 8.83. The highest BCUT2D eigenvalue weighted by Crippen LogP contribution is 2.48. The Morgan fingerprint density at radius 3 is 2.94 bits per heavy atom. The molecule has 0 amide bonds. The number of aliphatic hydroxyl groups is 1. The zero-order chi connectivity index (χ0) is 12.4. The van der Waals surface area contributed by atoms with Gasteiger partial charge in [-0.25, -0.2) is 0 Å². The lowest BCUT2D eigenvalue weighted by Gasteiger charge is -2.28. The zero-order valence-corrected chi connectivity index (χ0v) is 11.5. The topological polar surface area (TPSA) is 32.3 Å².